The fourth-order valence-corrected chi connectivity index (χ4v) is 8.02. The first-order valence-electron chi connectivity index (χ1n) is 12.8. The quantitative estimate of drug-likeness (QED) is 0.0648. The van der Waals surface area contributed by atoms with Crippen molar-refractivity contribution in [1.82, 2.24) is 39.0 Å². The number of alkyl halides is 1. The molecule has 6 heterocycles. The van der Waals surface area contributed by atoms with Crippen molar-refractivity contribution in [3.8, 4) is 12.3 Å². The second-order valence-electron chi connectivity index (χ2n) is 10.2. The van der Waals surface area contributed by atoms with Crippen molar-refractivity contribution in [2.45, 2.75) is 54.4 Å². The van der Waals surface area contributed by atoms with Crippen molar-refractivity contribution in [2.24, 2.45) is 0 Å². The Balaban J connectivity index is 1.21. The van der Waals surface area contributed by atoms with Crippen molar-refractivity contribution in [3.05, 3.63) is 29.3 Å². The van der Waals surface area contributed by atoms with Crippen LogP contribution in [0, 0.1) is 12.3 Å². The Labute approximate surface area is 265 Å². The van der Waals surface area contributed by atoms with Gasteiger partial charge < -0.3 is 36.0 Å². The molecule has 0 aromatic carbocycles. The summed E-state index contributed by atoms with van der Waals surface area (Å²) in [7, 11) is -2.62. The molecule has 8 N–H and O–H groups in total. The van der Waals surface area contributed by atoms with Crippen LogP contribution in [0.15, 0.2) is 23.8 Å². The maximum absolute atomic E-state index is 16.5. The number of nitrogens with one attached hydrogen (secondary N) is 1. The van der Waals surface area contributed by atoms with Gasteiger partial charge in [-0.3, -0.25) is 28.0 Å². The lowest BCUT2D eigenvalue weighted by atomic mass is 10.1. The molecule has 20 nitrogen and oxygen atoms in total. The molecule has 3 aliphatic rings. The van der Waals surface area contributed by atoms with Crippen LogP contribution in [0.3, 0.4) is 0 Å². The number of rotatable bonds is 8. The van der Waals surface area contributed by atoms with Gasteiger partial charge in [-0.1, -0.05) is 0 Å². The summed E-state index contributed by atoms with van der Waals surface area (Å²) in [6.07, 6.45) is -2.73. The molecule has 1 aliphatic carbocycles. The number of fused-ring (bicyclic) bond motifs is 3. The molecule has 2 saturated heterocycles. The molecule has 46 heavy (non-hydrogen) atoms. The molecule has 0 radical (unpaired) electrons. The average molecular weight is 718 g/mol. The Morgan fingerprint density at radius 3 is 2.57 bits per heavy atom. The van der Waals surface area contributed by atoms with Gasteiger partial charge in [0.2, 0.25) is 11.6 Å². The van der Waals surface area contributed by atoms with Gasteiger partial charge in [-0.25, -0.2) is 24.3 Å². The number of terminal acetylenes is 1. The summed E-state index contributed by atoms with van der Waals surface area (Å²) < 4.78 is 58.2. The van der Waals surface area contributed by atoms with Gasteiger partial charge in [0.15, 0.2) is 53.4 Å². The predicted octanol–water partition coefficient (Wildman–Crippen LogP) is -1.09. The Bertz CT molecular complexity index is 2080. The number of aliphatic hydroxyl groups is 2. The largest absolute Gasteiger partial charge is 0.582 e. The lowest BCUT2D eigenvalue weighted by molar-refractivity contribution is -0.187. The highest BCUT2D eigenvalue weighted by molar-refractivity contribution is 8.39. The van der Waals surface area contributed by atoms with Crippen molar-refractivity contribution in [1.29, 1.82) is 0 Å². The van der Waals surface area contributed by atoms with Gasteiger partial charge in [0.25, 0.3) is 11.3 Å². The third kappa shape index (κ3) is 4.65. The highest BCUT2D eigenvalue weighted by Gasteiger charge is 2.84. The van der Waals surface area contributed by atoms with Gasteiger partial charge in [0.1, 0.15) is 36.3 Å². The number of aromatic amines is 1. The van der Waals surface area contributed by atoms with Crippen molar-refractivity contribution in [3.63, 3.8) is 0 Å². The number of imidazole rings is 2. The van der Waals surface area contributed by atoms with E-state index in [4.69, 9.17) is 52.7 Å². The number of H-pyrrole nitrogens is 1. The zero-order valence-corrected chi connectivity index (χ0v) is 26.0. The maximum Gasteiger partial charge on any atom is 0.582 e. The van der Waals surface area contributed by atoms with Crippen LogP contribution in [-0.4, -0.2) is 96.1 Å². The molecule has 242 valence electrons. The summed E-state index contributed by atoms with van der Waals surface area (Å²) in [4.78, 5) is 45.9. The Hall–Kier alpha value is -3.23. The Morgan fingerprint density at radius 2 is 1.87 bits per heavy atom. The first kappa shape index (κ1) is 31.4. The number of thiol groups is 1. The highest BCUT2D eigenvalue weighted by Crippen LogP contribution is 2.66. The van der Waals surface area contributed by atoms with E-state index in [-0.39, 0.29) is 34.1 Å². The van der Waals surface area contributed by atoms with Crippen LogP contribution in [-0.2, 0) is 39.4 Å². The summed E-state index contributed by atoms with van der Waals surface area (Å²) in [6.45, 7) is -4.82. The van der Waals surface area contributed by atoms with Gasteiger partial charge >= 0.3 is 13.9 Å². The minimum atomic E-state index is -4.82. The van der Waals surface area contributed by atoms with E-state index in [2.05, 4.69) is 42.2 Å². The molecule has 4 aromatic rings. The predicted molar refractivity (Wildman–Crippen MR) is 158 cm³/mol. The SMILES string of the molecule is C#C[C@]1(OP(O)(=S)O[C@H]2[C@H](n3cnc4c(=O)[nH]c(N)nc43)O[C@@H]3C(O[P+](=O)S)[C@]32F)O[C@@H](n2cnc3c(N)ncnc32)[C@H](O)[C@@H]1O. The second kappa shape index (κ2) is 10.6. The molecule has 7 rings (SSSR count). The third-order valence-corrected chi connectivity index (χ3v) is 9.78. The van der Waals surface area contributed by atoms with Crippen molar-refractivity contribution in [2.75, 3.05) is 11.5 Å². The monoisotopic (exact) mass is 717 g/mol. The summed E-state index contributed by atoms with van der Waals surface area (Å²) in [5.74, 6) is -0.917. The Morgan fingerprint density at radius 1 is 1.17 bits per heavy atom. The number of hydrogen-bond donors (Lipinski definition) is 7. The van der Waals surface area contributed by atoms with Gasteiger partial charge in [0, 0.05) is 0 Å². The number of nitrogens with zero attached hydrogens (tertiary/aromatic N) is 7. The molecule has 1 saturated carbocycles. The van der Waals surface area contributed by atoms with Crippen LogP contribution in [0.2, 0.25) is 0 Å². The van der Waals surface area contributed by atoms with E-state index in [1.54, 1.807) is 0 Å². The minimum Gasteiger partial charge on any atom is -0.385 e. The molecule has 11 atom stereocenters. The third-order valence-electron chi connectivity index (χ3n) is 7.61. The van der Waals surface area contributed by atoms with Crippen LogP contribution in [0.5, 0.6) is 0 Å². The standard InChI is InChI=1S/C21H19FN10O10P2S2/c1-2-20(9(34)8(33)17(39-20)31-4-27-6-13(23)25-3-26-14(6)31)42-44(37,46)41-12-18(38-10-11(21(10,12)22)40-43(36)45)32-5-28-7-15(32)29-19(24)30-16(7)35/h1,3-5,8-12,17-18,33-34H,(H6-,23,24,25,26,29,30,35,36,37,45,46)/p+1/t8-,9+,10-,11?,12+,17-,18-,20-,21-,44?/m1/s1. The molecule has 2 aliphatic heterocycles. The topological polar surface area (TPSA) is 283 Å². The van der Waals surface area contributed by atoms with E-state index in [0.717, 1.165) is 17.2 Å². The first-order chi connectivity index (χ1) is 21.7. The summed E-state index contributed by atoms with van der Waals surface area (Å²) in [5, 5.41) is 21.9. The smallest absolute Gasteiger partial charge is 0.385 e. The van der Waals surface area contributed by atoms with Crippen LogP contribution in [0.25, 0.3) is 22.3 Å². The van der Waals surface area contributed by atoms with E-state index in [0.29, 0.717) is 0 Å². The van der Waals surface area contributed by atoms with E-state index < -0.39 is 73.9 Å². The molecule has 3 unspecified atom stereocenters. The van der Waals surface area contributed by atoms with Crippen molar-refractivity contribution < 1.29 is 47.1 Å². The molecule has 0 spiro atoms. The van der Waals surface area contributed by atoms with Gasteiger partial charge in [-0.05, 0) is 22.3 Å². The van der Waals surface area contributed by atoms with E-state index in [1.807, 2.05) is 5.92 Å². The first-order valence-corrected chi connectivity index (χ1v) is 17.7. The van der Waals surface area contributed by atoms with Crippen LogP contribution in [0.1, 0.15) is 12.5 Å². The fraction of sp³-hybridized carbons (Fsp3) is 0.429. The van der Waals surface area contributed by atoms with E-state index in [9.17, 15) is 24.5 Å². The summed E-state index contributed by atoms with van der Waals surface area (Å²) in [5.41, 5.74) is 8.07. The Kier molecular flexibility index (Phi) is 7.26. The number of ether oxygens (including phenoxy) is 2. The number of anilines is 2. The molecular formula is C21H20FN10O10P2S2+. The normalized spacial score (nSPS) is 35.2. The number of aliphatic hydroxyl groups excluding tert-OH is 2. The molecular weight excluding hydrogens is 697 g/mol. The van der Waals surface area contributed by atoms with Crippen LogP contribution >= 0.6 is 26.2 Å². The second-order valence-corrected chi connectivity index (χ2v) is 14.6. The maximum atomic E-state index is 16.5. The molecule has 0 bridgehead atoms. The van der Waals surface area contributed by atoms with Crippen LogP contribution < -0.4 is 17.0 Å². The number of halogens is 1. The van der Waals surface area contributed by atoms with E-state index >= 15 is 4.39 Å². The van der Waals surface area contributed by atoms with Crippen LogP contribution in [0.4, 0.5) is 16.2 Å². The van der Waals surface area contributed by atoms with Gasteiger partial charge in [-0.15, -0.1) is 10.9 Å². The lowest BCUT2D eigenvalue weighted by Gasteiger charge is -2.33. The van der Waals surface area contributed by atoms with E-state index in [1.165, 1.54) is 10.9 Å². The van der Waals surface area contributed by atoms with Gasteiger partial charge in [-0.2, -0.15) is 4.98 Å². The summed E-state index contributed by atoms with van der Waals surface area (Å²) in [6, 6.07) is 0. The minimum absolute atomic E-state index is 0.0142. The fourth-order valence-electron chi connectivity index (χ4n) is 5.50. The molecule has 3 fully saturated rings. The number of hydrogen-bond acceptors (Lipinski definition) is 17. The summed E-state index contributed by atoms with van der Waals surface area (Å²) >= 11 is 8.85. The highest BCUT2D eigenvalue weighted by atomic mass is 32.7. The van der Waals surface area contributed by atoms with Crippen molar-refractivity contribution >= 4 is 72.1 Å². The molecule has 25 heteroatoms. The number of nitrogen functional groups attached to an aromatic ring is 2. The molecule has 0 amide bonds. The molecule has 4 aromatic heterocycles. The van der Waals surface area contributed by atoms with Gasteiger partial charge in [0.05, 0.1) is 12.7 Å². The lowest BCUT2D eigenvalue weighted by Crippen LogP contribution is -2.44. The zero-order valence-electron chi connectivity index (χ0n) is 22.5. The zero-order chi connectivity index (χ0) is 32.9. The number of aromatic nitrogens is 8. The number of nitrogens with two attached hydrogens (primary N) is 2. The average Bonchev–Trinajstić information content (AvgIpc) is 3.48.